The van der Waals surface area contributed by atoms with E-state index in [1.807, 2.05) is 47.6 Å². The standard InChI is InChI=1S/C10H14OS.C5H13N3.2C2H6/c1-6-5-9(11-4)7(2)8(3)10(6)12;1-2-3-4-8-5(6)7;2*1-2/h5,12H,1-4H3;2-4H2,1H3,(H4,6,7,8);2*1-2H3. The topological polar surface area (TPSA) is 73.6 Å². The maximum absolute atomic E-state index is 5.23. The molecule has 4 nitrogen and oxygen atoms in total. The Bertz CT molecular complexity index is 456. The molecule has 142 valence electrons. The number of aliphatic imine (C=N–C) groups is 1. The van der Waals surface area contributed by atoms with Gasteiger partial charge in [-0.05, 0) is 49.9 Å². The van der Waals surface area contributed by atoms with E-state index in [-0.39, 0.29) is 5.96 Å². The fraction of sp³-hybridized carbons (Fsp3) is 0.632. The summed E-state index contributed by atoms with van der Waals surface area (Å²) >= 11 is 4.41. The van der Waals surface area contributed by atoms with E-state index in [9.17, 15) is 0 Å². The van der Waals surface area contributed by atoms with Gasteiger partial charge in [-0.25, -0.2) is 0 Å². The Morgan fingerprint density at radius 3 is 1.96 bits per heavy atom. The van der Waals surface area contributed by atoms with E-state index in [4.69, 9.17) is 16.2 Å². The SMILES string of the molecule is CC.CC.CCCCN=C(N)N.COc1cc(C)c(S)c(C)c1C. The first-order valence-electron chi connectivity index (χ1n) is 8.74. The summed E-state index contributed by atoms with van der Waals surface area (Å²) in [6, 6.07) is 2.02. The first kappa shape index (κ1) is 27.5. The smallest absolute Gasteiger partial charge is 0.185 e. The Morgan fingerprint density at radius 2 is 1.58 bits per heavy atom. The van der Waals surface area contributed by atoms with Gasteiger partial charge in [-0.15, -0.1) is 12.6 Å². The Morgan fingerprint density at radius 1 is 1.08 bits per heavy atom. The van der Waals surface area contributed by atoms with E-state index in [2.05, 4.69) is 31.5 Å². The Hall–Kier alpha value is -1.36. The van der Waals surface area contributed by atoms with Gasteiger partial charge in [0.15, 0.2) is 5.96 Å². The lowest BCUT2D eigenvalue weighted by atomic mass is 10.1. The summed E-state index contributed by atoms with van der Waals surface area (Å²) in [5.41, 5.74) is 13.7. The number of hydrogen-bond acceptors (Lipinski definition) is 3. The second-order valence-corrected chi connectivity index (χ2v) is 5.10. The molecule has 0 aliphatic carbocycles. The van der Waals surface area contributed by atoms with Crippen LogP contribution in [0.5, 0.6) is 5.75 Å². The number of rotatable bonds is 4. The monoisotopic (exact) mass is 357 g/mol. The van der Waals surface area contributed by atoms with Gasteiger partial charge in [0.25, 0.3) is 0 Å². The molecule has 0 saturated heterocycles. The third kappa shape index (κ3) is 12.1. The van der Waals surface area contributed by atoms with Crippen molar-refractivity contribution < 1.29 is 4.74 Å². The number of methoxy groups -OCH3 is 1. The molecule has 1 aromatic rings. The molecule has 0 spiro atoms. The fourth-order valence-corrected chi connectivity index (χ4v) is 1.84. The summed E-state index contributed by atoms with van der Waals surface area (Å²) in [4.78, 5) is 4.85. The summed E-state index contributed by atoms with van der Waals surface area (Å²) < 4.78 is 5.23. The summed E-state index contributed by atoms with van der Waals surface area (Å²) in [5.74, 6) is 1.14. The molecule has 0 amide bonds. The first-order valence-corrected chi connectivity index (χ1v) is 9.18. The number of guanidine groups is 1. The molecule has 0 radical (unpaired) electrons. The molecule has 0 unspecified atom stereocenters. The van der Waals surface area contributed by atoms with Crippen LogP contribution in [-0.4, -0.2) is 19.6 Å². The minimum Gasteiger partial charge on any atom is -0.496 e. The van der Waals surface area contributed by atoms with Crippen LogP contribution in [0, 0.1) is 20.8 Å². The Labute approximate surface area is 155 Å². The van der Waals surface area contributed by atoms with Crippen LogP contribution in [0.2, 0.25) is 0 Å². The quantitative estimate of drug-likeness (QED) is 0.306. The molecule has 0 heterocycles. The number of benzene rings is 1. The zero-order valence-corrected chi connectivity index (χ0v) is 18.1. The maximum Gasteiger partial charge on any atom is 0.185 e. The molecule has 0 atom stereocenters. The molecule has 0 fully saturated rings. The molecule has 0 aromatic heterocycles. The van der Waals surface area contributed by atoms with Crippen LogP contribution < -0.4 is 16.2 Å². The lowest BCUT2D eigenvalue weighted by Crippen LogP contribution is -2.22. The highest BCUT2D eigenvalue weighted by Gasteiger charge is 2.06. The molecule has 0 saturated carbocycles. The minimum atomic E-state index is 0.193. The van der Waals surface area contributed by atoms with Crippen molar-refractivity contribution in [2.45, 2.75) is 73.1 Å². The van der Waals surface area contributed by atoms with Crippen LogP contribution in [0.15, 0.2) is 16.0 Å². The maximum atomic E-state index is 5.23. The molecule has 0 aliphatic heterocycles. The Kier molecular flexibility index (Phi) is 20.6. The van der Waals surface area contributed by atoms with E-state index >= 15 is 0 Å². The van der Waals surface area contributed by atoms with Gasteiger partial charge in [0.05, 0.1) is 7.11 Å². The van der Waals surface area contributed by atoms with Crippen LogP contribution >= 0.6 is 12.6 Å². The predicted octanol–water partition coefficient (Wildman–Crippen LogP) is 5.02. The van der Waals surface area contributed by atoms with Gasteiger partial charge in [-0.1, -0.05) is 41.0 Å². The normalized spacial score (nSPS) is 8.42. The second-order valence-electron chi connectivity index (χ2n) is 4.65. The van der Waals surface area contributed by atoms with Crippen LogP contribution in [0.1, 0.15) is 64.2 Å². The molecular weight excluding hydrogens is 318 g/mol. The van der Waals surface area contributed by atoms with Crippen molar-refractivity contribution in [2.75, 3.05) is 13.7 Å². The van der Waals surface area contributed by atoms with Crippen LogP contribution in [0.3, 0.4) is 0 Å². The van der Waals surface area contributed by atoms with Gasteiger partial charge in [-0.3, -0.25) is 4.99 Å². The third-order valence-electron chi connectivity index (χ3n) is 3.03. The van der Waals surface area contributed by atoms with Crippen molar-refractivity contribution >= 4 is 18.6 Å². The lowest BCUT2D eigenvalue weighted by molar-refractivity contribution is 0.410. The van der Waals surface area contributed by atoms with Gasteiger partial charge in [0.2, 0.25) is 0 Å². The number of ether oxygens (including phenoxy) is 1. The van der Waals surface area contributed by atoms with Crippen molar-refractivity contribution in [2.24, 2.45) is 16.5 Å². The zero-order chi connectivity index (χ0) is 19.7. The number of nitrogens with two attached hydrogens (primary N) is 2. The predicted molar refractivity (Wildman–Crippen MR) is 113 cm³/mol. The molecule has 0 aliphatic rings. The Balaban J connectivity index is -0.000000321. The van der Waals surface area contributed by atoms with E-state index < -0.39 is 0 Å². The highest BCUT2D eigenvalue weighted by Crippen LogP contribution is 2.29. The summed E-state index contributed by atoms with van der Waals surface area (Å²) in [6.45, 7) is 17.0. The molecule has 1 aromatic carbocycles. The van der Waals surface area contributed by atoms with Crippen molar-refractivity contribution in [3.05, 3.63) is 22.8 Å². The summed E-state index contributed by atoms with van der Waals surface area (Å²) in [6.07, 6.45) is 2.20. The van der Waals surface area contributed by atoms with Gasteiger partial charge in [0, 0.05) is 11.4 Å². The van der Waals surface area contributed by atoms with E-state index in [1.165, 1.54) is 16.7 Å². The van der Waals surface area contributed by atoms with Crippen molar-refractivity contribution in [1.82, 2.24) is 0 Å². The number of unbranched alkanes of at least 4 members (excludes halogenated alkanes) is 1. The molecule has 0 bridgehead atoms. The van der Waals surface area contributed by atoms with Crippen LogP contribution in [0.25, 0.3) is 0 Å². The number of nitrogens with zero attached hydrogens (tertiary/aromatic N) is 1. The summed E-state index contributed by atoms with van der Waals surface area (Å²) in [7, 11) is 1.69. The highest BCUT2D eigenvalue weighted by molar-refractivity contribution is 7.80. The third-order valence-corrected chi connectivity index (χ3v) is 3.72. The van der Waals surface area contributed by atoms with Crippen LogP contribution in [-0.2, 0) is 0 Å². The van der Waals surface area contributed by atoms with Crippen LogP contribution in [0.4, 0.5) is 0 Å². The lowest BCUT2D eigenvalue weighted by Gasteiger charge is -2.11. The number of aryl methyl sites for hydroxylation is 1. The van der Waals surface area contributed by atoms with Gasteiger partial charge in [-0.2, -0.15) is 0 Å². The average molecular weight is 358 g/mol. The van der Waals surface area contributed by atoms with Crippen molar-refractivity contribution in [3.8, 4) is 5.75 Å². The highest BCUT2D eigenvalue weighted by atomic mass is 32.1. The van der Waals surface area contributed by atoms with Gasteiger partial charge in [0.1, 0.15) is 5.75 Å². The minimum absolute atomic E-state index is 0.193. The summed E-state index contributed by atoms with van der Waals surface area (Å²) in [5, 5.41) is 0. The average Bonchev–Trinajstić information content (AvgIpc) is 2.60. The fourth-order valence-electron chi connectivity index (χ4n) is 1.61. The molecular formula is C19H39N3OS. The van der Waals surface area contributed by atoms with Crippen molar-refractivity contribution in [1.29, 1.82) is 0 Å². The van der Waals surface area contributed by atoms with Gasteiger partial charge < -0.3 is 16.2 Å². The van der Waals surface area contributed by atoms with E-state index in [1.54, 1.807) is 7.11 Å². The van der Waals surface area contributed by atoms with Crippen molar-refractivity contribution in [3.63, 3.8) is 0 Å². The van der Waals surface area contributed by atoms with E-state index in [0.29, 0.717) is 0 Å². The zero-order valence-electron chi connectivity index (χ0n) is 17.2. The number of thiol groups is 1. The molecule has 1 rings (SSSR count). The molecule has 24 heavy (non-hydrogen) atoms. The second kappa shape index (κ2) is 18.0. The first-order chi connectivity index (χ1) is 11.3. The molecule has 4 N–H and O–H groups in total. The largest absolute Gasteiger partial charge is 0.496 e. The van der Waals surface area contributed by atoms with Gasteiger partial charge >= 0.3 is 0 Å². The number of hydrogen-bond donors (Lipinski definition) is 3. The molecule has 5 heteroatoms. The van der Waals surface area contributed by atoms with E-state index in [0.717, 1.165) is 30.0 Å².